The van der Waals surface area contributed by atoms with Crippen molar-refractivity contribution in [1.82, 2.24) is 9.97 Å². The predicted molar refractivity (Wildman–Crippen MR) is 130 cm³/mol. The van der Waals surface area contributed by atoms with Crippen LogP contribution in [0.4, 0.5) is 25.8 Å². The molecule has 1 saturated heterocycles. The largest absolute Gasteiger partial charge is 0.379 e. The van der Waals surface area contributed by atoms with Crippen molar-refractivity contribution in [2.45, 2.75) is 32.2 Å². The molecular weight excluding hydrogens is 436 g/mol. The summed E-state index contributed by atoms with van der Waals surface area (Å²) >= 11 is 0. The van der Waals surface area contributed by atoms with Crippen molar-refractivity contribution in [3.63, 3.8) is 0 Å². The van der Waals surface area contributed by atoms with Crippen LogP contribution < -0.4 is 15.5 Å². The number of rotatable bonds is 4. The van der Waals surface area contributed by atoms with Crippen molar-refractivity contribution in [2.24, 2.45) is 0 Å². The van der Waals surface area contributed by atoms with Gasteiger partial charge < -0.3 is 15.5 Å². The molecule has 1 fully saturated rings. The van der Waals surface area contributed by atoms with Gasteiger partial charge in [0, 0.05) is 47.7 Å². The first kappa shape index (κ1) is 22.0. The monoisotopic (exact) mass is 461 g/mol. The van der Waals surface area contributed by atoms with Crippen LogP contribution in [-0.2, 0) is 4.79 Å². The van der Waals surface area contributed by atoms with E-state index in [0.29, 0.717) is 11.1 Å². The minimum Gasteiger partial charge on any atom is -0.379 e. The van der Waals surface area contributed by atoms with E-state index in [1.807, 2.05) is 31.3 Å². The Labute approximate surface area is 196 Å². The lowest BCUT2D eigenvalue weighted by Gasteiger charge is -2.29. The molecule has 2 aliphatic heterocycles. The smallest absolute Gasteiger partial charge is 0.256 e. The number of fused-ring (bicyclic) bond motifs is 1. The molecular formula is C26H25F2N5O. The molecule has 34 heavy (non-hydrogen) atoms. The normalized spacial score (nSPS) is 17.4. The fourth-order valence-corrected chi connectivity index (χ4v) is 4.52. The molecule has 0 spiro atoms. The first-order chi connectivity index (χ1) is 16.5. The summed E-state index contributed by atoms with van der Waals surface area (Å²) in [6.45, 7) is 3.95. The number of carbonyl (C=O) groups excluding carboxylic acids is 1. The molecule has 0 aliphatic carbocycles. The van der Waals surface area contributed by atoms with Crippen molar-refractivity contribution < 1.29 is 13.6 Å². The van der Waals surface area contributed by atoms with Crippen molar-refractivity contribution in [2.75, 3.05) is 28.6 Å². The maximum absolute atomic E-state index is 14.1. The standard InChI is InChI=1S/C26H25F2N5O/c1-16-9-21(26(34)32-25-22(27)14-30-15-23(25)28)20-11-17(5-6-24(20)31-16)18-10-19(13-29-12-18)33-7-3-2-4-8-33/h5-6,9-16,31H,2-4,7-8H2,1H3,(H,30,32,34). The topological polar surface area (TPSA) is 70.2 Å². The highest BCUT2D eigenvalue weighted by atomic mass is 19.1. The van der Waals surface area contributed by atoms with Crippen molar-refractivity contribution in [3.05, 3.63) is 72.3 Å². The van der Waals surface area contributed by atoms with Crippen LogP contribution in [0, 0.1) is 11.6 Å². The van der Waals surface area contributed by atoms with E-state index < -0.39 is 23.2 Å². The predicted octanol–water partition coefficient (Wildman–Crippen LogP) is 5.25. The number of benzene rings is 1. The summed E-state index contributed by atoms with van der Waals surface area (Å²) in [5.41, 5.74) is 4.20. The fraction of sp³-hybridized carbons (Fsp3) is 0.269. The van der Waals surface area contributed by atoms with E-state index >= 15 is 0 Å². The van der Waals surface area contributed by atoms with Gasteiger partial charge in [-0.1, -0.05) is 6.07 Å². The van der Waals surface area contributed by atoms with Gasteiger partial charge in [-0.25, -0.2) is 8.78 Å². The summed E-state index contributed by atoms with van der Waals surface area (Å²) < 4.78 is 28.1. The van der Waals surface area contributed by atoms with Gasteiger partial charge in [0.1, 0.15) is 5.69 Å². The second-order valence-corrected chi connectivity index (χ2v) is 8.69. The van der Waals surface area contributed by atoms with Gasteiger partial charge in [0.15, 0.2) is 11.6 Å². The van der Waals surface area contributed by atoms with Gasteiger partial charge in [0.25, 0.3) is 5.91 Å². The maximum atomic E-state index is 14.1. The number of anilines is 3. The van der Waals surface area contributed by atoms with Crippen LogP contribution in [0.25, 0.3) is 16.7 Å². The summed E-state index contributed by atoms with van der Waals surface area (Å²) in [4.78, 5) is 23.4. The van der Waals surface area contributed by atoms with E-state index in [-0.39, 0.29) is 6.04 Å². The Morgan fingerprint density at radius 3 is 2.50 bits per heavy atom. The zero-order valence-electron chi connectivity index (χ0n) is 18.8. The molecule has 6 nitrogen and oxygen atoms in total. The highest BCUT2D eigenvalue weighted by Crippen LogP contribution is 2.35. The van der Waals surface area contributed by atoms with Gasteiger partial charge >= 0.3 is 0 Å². The Morgan fingerprint density at radius 1 is 1.00 bits per heavy atom. The number of carbonyl (C=O) groups is 1. The number of halogens is 2. The number of nitrogens with zero attached hydrogens (tertiary/aromatic N) is 3. The van der Waals surface area contributed by atoms with Crippen LogP contribution >= 0.6 is 0 Å². The van der Waals surface area contributed by atoms with Crippen LogP contribution in [0.2, 0.25) is 0 Å². The third-order valence-corrected chi connectivity index (χ3v) is 6.22. The molecule has 0 bridgehead atoms. The lowest BCUT2D eigenvalue weighted by atomic mass is 9.93. The van der Waals surface area contributed by atoms with Crippen LogP contribution in [0.5, 0.6) is 0 Å². The average Bonchev–Trinajstić information content (AvgIpc) is 2.86. The van der Waals surface area contributed by atoms with Crippen LogP contribution in [0.3, 0.4) is 0 Å². The summed E-state index contributed by atoms with van der Waals surface area (Å²) in [6, 6.07) is 7.80. The van der Waals surface area contributed by atoms with Crippen molar-refractivity contribution in [3.8, 4) is 11.1 Å². The SMILES string of the molecule is CC1C=C(C(=O)Nc2c(F)cncc2F)c2cc(-c3cncc(N4CCCCC4)c3)ccc2N1. The fourth-order valence-electron chi connectivity index (χ4n) is 4.52. The minimum atomic E-state index is -0.925. The molecule has 2 aliphatic rings. The number of hydrogen-bond donors (Lipinski definition) is 2. The molecule has 1 aromatic carbocycles. The molecule has 3 aromatic rings. The number of hydrogen-bond acceptors (Lipinski definition) is 5. The molecule has 0 radical (unpaired) electrons. The molecule has 2 N–H and O–H groups in total. The Morgan fingerprint density at radius 2 is 1.74 bits per heavy atom. The molecule has 2 aromatic heterocycles. The quantitative estimate of drug-likeness (QED) is 0.556. The molecule has 0 saturated carbocycles. The highest BCUT2D eigenvalue weighted by molar-refractivity contribution is 6.27. The van der Waals surface area contributed by atoms with E-state index in [2.05, 4.69) is 31.6 Å². The summed E-state index contributed by atoms with van der Waals surface area (Å²) in [7, 11) is 0. The Balaban J connectivity index is 1.48. The summed E-state index contributed by atoms with van der Waals surface area (Å²) in [6.07, 6.45) is 10.8. The maximum Gasteiger partial charge on any atom is 0.256 e. The lowest BCUT2D eigenvalue weighted by Crippen LogP contribution is -2.29. The Kier molecular flexibility index (Phi) is 5.96. The summed E-state index contributed by atoms with van der Waals surface area (Å²) in [5, 5.41) is 5.71. The molecule has 1 unspecified atom stereocenters. The van der Waals surface area contributed by atoms with Gasteiger partial charge in [-0.05, 0) is 56.0 Å². The molecule has 5 rings (SSSR count). The Hall–Kier alpha value is -3.81. The van der Waals surface area contributed by atoms with Crippen molar-refractivity contribution in [1.29, 1.82) is 0 Å². The molecule has 174 valence electrons. The number of piperidine rings is 1. The van der Waals surface area contributed by atoms with Crippen LogP contribution in [0.15, 0.2) is 55.1 Å². The summed E-state index contributed by atoms with van der Waals surface area (Å²) in [5.74, 6) is -2.44. The third kappa shape index (κ3) is 4.35. The lowest BCUT2D eigenvalue weighted by molar-refractivity contribution is -0.111. The van der Waals surface area contributed by atoms with Gasteiger partial charge in [-0.3, -0.25) is 14.8 Å². The van der Waals surface area contributed by atoms with Gasteiger partial charge in [0.2, 0.25) is 0 Å². The van der Waals surface area contributed by atoms with E-state index in [4.69, 9.17) is 0 Å². The van der Waals surface area contributed by atoms with Crippen LogP contribution in [-0.4, -0.2) is 35.0 Å². The first-order valence-corrected chi connectivity index (χ1v) is 11.4. The zero-order valence-corrected chi connectivity index (χ0v) is 18.8. The minimum absolute atomic E-state index is 0.129. The Bertz CT molecular complexity index is 1250. The third-order valence-electron chi connectivity index (χ3n) is 6.22. The van der Waals surface area contributed by atoms with E-state index in [1.54, 1.807) is 12.3 Å². The number of pyridine rings is 2. The first-order valence-electron chi connectivity index (χ1n) is 11.4. The van der Waals surface area contributed by atoms with Gasteiger partial charge in [-0.2, -0.15) is 0 Å². The second kappa shape index (κ2) is 9.21. The van der Waals surface area contributed by atoms with Crippen LogP contribution in [0.1, 0.15) is 31.7 Å². The van der Waals surface area contributed by atoms with Gasteiger partial charge in [-0.15, -0.1) is 0 Å². The van der Waals surface area contributed by atoms with E-state index in [1.165, 1.54) is 19.3 Å². The number of nitrogens with one attached hydrogen (secondary N) is 2. The second-order valence-electron chi connectivity index (χ2n) is 8.69. The number of aromatic nitrogens is 2. The van der Waals surface area contributed by atoms with E-state index in [0.717, 1.165) is 48.0 Å². The molecule has 1 atom stereocenters. The molecule has 4 heterocycles. The molecule has 8 heteroatoms. The van der Waals surface area contributed by atoms with E-state index in [9.17, 15) is 13.6 Å². The average molecular weight is 462 g/mol. The van der Waals surface area contributed by atoms with Crippen molar-refractivity contribution >= 4 is 28.5 Å². The zero-order chi connectivity index (χ0) is 23.7. The molecule has 1 amide bonds. The highest BCUT2D eigenvalue weighted by Gasteiger charge is 2.24. The van der Waals surface area contributed by atoms with Gasteiger partial charge in [0.05, 0.1) is 24.3 Å². The number of amides is 1.